The van der Waals surface area contributed by atoms with E-state index in [0.29, 0.717) is 0 Å². The molecule has 1 aliphatic rings. The zero-order chi connectivity index (χ0) is 17.4. The number of hydrogen-bond donors (Lipinski definition) is 2. The quantitative estimate of drug-likeness (QED) is 0.272. The lowest BCUT2D eigenvalue weighted by Crippen LogP contribution is -2.38. The second-order valence-corrected chi connectivity index (χ2v) is 8.14. The number of guanidine groups is 1. The number of likely N-dealkylation sites (tertiary alicyclic amines) is 1. The van der Waals surface area contributed by atoms with Crippen molar-refractivity contribution >= 4 is 41.3 Å². The highest BCUT2D eigenvalue weighted by Crippen LogP contribution is 2.16. The van der Waals surface area contributed by atoms with Crippen molar-refractivity contribution in [2.45, 2.75) is 53.0 Å². The van der Waals surface area contributed by atoms with E-state index >= 15 is 0 Å². The van der Waals surface area contributed by atoms with Gasteiger partial charge in [-0.25, -0.2) is 4.98 Å². The van der Waals surface area contributed by atoms with Gasteiger partial charge in [-0.05, 0) is 58.5 Å². The average molecular weight is 479 g/mol. The molecule has 1 atom stereocenters. The van der Waals surface area contributed by atoms with Crippen LogP contribution in [-0.2, 0) is 6.54 Å². The van der Waals surface area contributed by atoms with Crippen LogP contribution in [0.3, 0.4) is 0 Å². The van der Waals surface area contributed by atoms with Gasteiger partial charge in [0, 0.05) is 25.0 Å². The molecule has 25 heavy (non-hydrogen) atoms. The first-order chi connectivity index (χ1) is 11.6. The van der Waals surface area contributed by atoms with Crippen LogP contribution in [0.5, 0.6) is 0 Å². The van der Waals surface area contributed by atoms with E-state index in [-0.39, 0.29) is 24.0 Å². The lowest BCUT2D eigenvalue weighted by atomic mass is 10.0. The second-order valence-electron chi connectivity index (χ2n) is 6.85. The molecule has 2 N–H and O–H groups in total. The van der Waals surface area contributed by atoms with Crippen LogP contribution in [0.1, 0.15) is 48.2 Å². The van der Waals surface area contributed by atoms with Gasteiger partial charge in [-0.3, -0.25) is 4.99 Å². The lowest BCUT2D eigenvalue weighted by molar-refractivity contribution is 0.181. The van der Waals surface area contributed by atoms with Crippen LogP contribution >= 0.6 is 35.3 Å². The van der Waals surface area contributed by atoms with Crippen LogP contribution in [0.2, 0.25) is 0 Å². The van der Waals surface area contributed by atoms with Gasteiger partial charge in [0.1, 0.15) is 0 Å². The Morgan fingerprint density at radius 2 is 2.12 bits per heavy atom. The maximum atomic E-state index is 4.46. The van der Waals surface area contributed by atoms with Gasteiger partial charge in [0.05, 0.1) is 17.2 Å². The summed E-state index contributed by atoms with van der Waals surface area (Å²) < 4.78 is 0. The molecule has 1 unspecified atom stereocenters. The molecule has 1 aromatic rings. The minimum absolute atomic E-state index is 0. The molecule has 0 aliphatic carbocycles. The Kier molecular flexibility index (Phi) is 10.9. The number of hydrogen-bond acceptors (Lipinski definition) is 4. The number of piperidine rings is 1. The summed E-state index contributed by atoms with van der Waals surface area (Å²) in [5.74, 6) is 1.76. The molecule has 5 nitrogen and oxygen atoms in total. The minimum atomic E-state index is 0. The van der Waals surface area contributed by atoms with Gasteiger partial charge in [-0.1, -0.05) is 6.92 Å². The molecular formula is C18H34IN5S. The Labute approximate surface area is 174 Å². The predicted molar refractivity (Wildman–Crippen MR) is 119 cm³/mol. The molecule has 2 heterocycles. The van der Waals surface area contributed by atoms with E-state index in [9.17, 15) is 0 Å². The van der Waals surface area contributed by atoms with Gasteiger partial charge < -0.3 is 15.5 Å². The molecule has 1 aromatic heterocycles. The zero-order valence-corrected chi connectivity index (χ0v) is 19.2. The smallest absolute Gasteiger partial charge is 0.191 e. The summed E-state index contributed by atoms with van der Waals surface area (Å²) in [7, 11) is 1.83. The van der Waals surface area contributed by atoms with Crippen LogP contribution in [-0.4, -0.2) is 49.1 Å². The van der Waals surface area contributed by atoms with Crippen molar-refractivity contribution in [3.05, 3.63) is 15.6 Å². The van der Waals surface area contributed by atoms with Crippen LogP contribution in [0.15, 0.2) is 4.99 Å². The predicted octanol–water partition coefficient (Wildman–Crippen LogP) is 3.56. The van der Waals surface area contributed by atoms with E-state index in [1.807, 2.05) is 7.05 Å². The maximum absolute atomic E-state index is 4.46. The average Bonchev–Trinajstić information content (AvgIpc) is 2.88. The first-order valence-electron chi connectivity index (χ1n) is 9.18. The van der Waals surface area contributed by atoms with Gasteiger partial charge in [0.15, 0.2) is 5.96 Å². The van der Waals surface area contributed by atoms with Crippen molar-refractivity contribution in [3.63, 3.8) is 0 Å². The molecule has 144 valence electrons. The van der Waals surface area contributed by atoms with Crippen molar-refractivity contribution in [1.29, 1.82) is 0 Å². The first kappa shape index (κ1) is 22.6. The van der Waals surface area contributed by atoms with E-state index in [4.69, 9.17) is 0 Å². The molecule has 0 bridgehead atoms. The number of halogens is 1. The van der Waals surface area contributed by atoms with Gasteiger partial charge >= 0.3 is 0 Å². The van der Waals surface area contributed by atoms with Crippen LogP contribution < -0.4 is 10.6 Å². The number of aliphatic imine (C=N–C) groups is 1. The SMILES string of the molecule is CN=C(NCCCCN1CCCC(C)C1)NCc1sc(C)nc1C.I. The second kappa shape index (κ2) is 12.1. The Morgan fingerprint density at radius 1 is 1.32 bits per heavy atom. The monoisotopic (exact) mass is 479 g/mol. The number of aromatic nitrogens is 1. The Balaban J connectivity index is 0.00000312. The summed E-state index contributed by atoms with van der Waals surface area (Å²) in [5, 5.41) is 7.93. The summed E-state index contributed by atoms with van der Waals surface area (Å²) in [4.78, 5) is 12.7. The van der Waals surface area contributed by atoms with E-state index < -0.39 is 0 Å². The van der Waals surface area contributed by atoms with Crippen molar-refractivity contribution in [3.8, 4) is 0 Å². The highest BCUT2D eigenvalue weighted by atomic mass is 127. The molecule has 0 radical (unpaired) electrons. The largest absolute Gasteiger partial charge is 0.356 e. The summed E-state index contributed by atoms with van der Waals surface area (Å²) in [6.07, 6.45) is 5.21. The van der Waals surface area contributed by atoms with Crippen molar-refractivity contribution < 1.29 is 0 Å². The first-order valence-corrected chi connectivity index (χ1v) is 10.00. The molecular weight excluding hydrogens is 445 g/mol. The summed E-state index contributed by atoms with van der Waals surface area (Å²) in [6.45, 7) is 12.1. The third kappa shape index (κ3) is 8.21. The van der Waals surface area contributed by atoms with E-state index in [0.717, 1.165) is 35.7 Å². The Bertz CT molecular complexity index is 532. The molecule has 2 rings (SSSR count). The molecule has 0 aromatic carbocycles. The molecule has 1 fully saturated rings. The lowest BCUT2D eigenvalue weighted by Gasteiger charge is -2.30. The standard InChI is InChI=1S/C18H33N5S.HI/c1-14-8-7-11-23(13-14)10-6-5-9-20-18(19-4)21-12-17-15(2)22-16(3)24-17;/h14H,5-13H2,1-4H3,(H2,19,20,21);1H. The number of thiazole rings is 1. The Hall–Kier alpha value is -0.410. The van der Waals surface area contributed by atoms with Crippen molar-refractivity contribution in [1.82, 2.24) is 20.5 Å². The topological polar surface area (TPSA) is 52.6 Å². The summed E-state index contributed by atoms with van der Waals surface area (Å²) in [5.41, 5.74) is 1.12. The highest BCUT2D eigenvalue weighted by Gasteiger charge is 2.15. The van der Waals surface area contributed by atoms with E-state index in [1.54, 1.807) is 11.3 Å². The third-order valence-electron chi connectivity index (χ3n) is 4.57. The fourth-order valence-corrected chi connectivity index (χ4v) is 4.16. The third-order valence-corrected chi connectivity index (χ3v) is 5.65. The molecule has 0 saturated carbocycles. The van der Waals surface area contributed by atoms with E-state index in [2.05, 4.69) is 46.3 Å². The van der Waals surface area contributed by atoms with Crippen LogP contribution in [0, 0.1) is 19.8 Å². The zero-order valence-electron chi connectivity index (χ0n) is 16.1. The molecule has 0 amide bonds. The molecule has 1 aliphatic heterocycles. The van der Waals surface area contributed by atoms with Crippen LogP contribution in [0.4, 0.5) is 0 Å². The van der Waals surface area contributed by atoms with Gasteiger partial charge in [-0.2, -0.15) is 0 Å². The summed E-state index contributed by atoms with van der Waals surface area (Å²) in [6, 6.07) is 0. The number of nitrogens with zero attached hydrogens (tertiary/aromatic N) is 3. The van der Waals surface area contributed by atoms with Gasteiger partial charge in [0.2, 0.25) is 0 Å². The highest BCUT2D eigenvalue weighted by molar-refractivity contribution is 14.0. The Morgan fingerprint density at radius 3 is 2.76 bits per heavy atom. The molecule has 1 saturated heterocycles. The van der Waals surface area contributed by atoms with Crippen molar-refractivity contribution in [2.24, 2.45) is 10.9 Å². The maximum Gasteiger partial charge on any atom is 0.191 e. The minimum Gasteiger partial charge on any atom is -0.356 e. The number of rotatable bonds is 7. The number of nitrogens with one attached hydrogen (secondary N) is 2. The molecule has 0 spiro atoms. The number of aryl methyl sites for hydroxylation is 2. The van der Waals surface area contributed by atoms with Crippen molar-refractivity contribution in [2.75, 3.05) is 33.2 Å². The fraction of sp³-hybridized carbons (Fsp3) is 0.778. The van der Waals surface area contributed by atoms with E-state index in [1.165, 1.54) is 50.2 Å². The molecule has 7 heteroatoms. The van der Waals surface area contributed by atoms with Gasteiger partial charge in [0.25, 0.3) is 0 Å². The van der Waals surface area contributed by atoms with Crippen LogP contribution in [0.25, 0.3) is 0 Å². The normalized spacial score (nSPS) is 18.7. The number of unbranched alkanes of at least 4 members (excludes halogenated alkanes) is 1. The summed E-state index contributed by atoms with van der Waals surface area (Å²) >= 11 is 1.75. The van der Waals surface area contributed by atoms with Gasteiger partial charge in [-0.15, -0.1) is 35.3 Å². The fourth-order valence-electron chi connectivity index (χ4n) is 3.28.